The monoisotopic (exact) mass is 277 g/mol. The summed E-state index contributed by atoms with van der Waals surface area (Å²) in [5, 5.41) is 6.55. The number of hydrogen-bond acceptors (Lipinski definition) is 3. The van der Waals surface area contributed by atoms with Crippen LogP contribution in [0.2, 0.25) is 5.02 Å². The second kappa shape index (κ2) is 5.89. The number of hydrazone groups is 1. The number of aryl methyl sites for hydroxylation is 1. The number of hydrogen-bond donors (Lipinski definition) is 2. The molecule has 4 nitrogen and oxygen atoms in total. The van der Waals surface area contributed by atoms with Crippen LogP contribution in [0, 0.1) is 5.92 Å². The molecular weight excluding hydrogens is 262 g/mol. The van der Waals surface area contributed by atoms with E-state index < -0.39 is 0 Å². The van der Waals surface area contributed by atoms with Gasteiger partial charge in [-0.15, -0.1) is 0 Å². The Morgan fingerprint density at radius 2 is 2.37 bits per heavy atom. The molecule has 0 saturated carbocycles. The highest BCUT2D eigenvalue weighted by atomic mass is 35.5. The van der Waals surface area contributed by atoms with Gasteiger partial charge >= 0.3 is 0 Å². The lowest BCUT2D eigenvalue weighted by molar-refractivity contribution is -0.116. The molecule has 0 heterocycles. The zero-order valence-electron chi connectivity index (χ0n) is 10.7. The van der Waals surface area contributed by atoms with Crippen molar-refractivity contribution >= 4 is 29.9 Å². The van der Waals surface area contributed by atoms with E-state index >= 15 is 0 Å². The van der Waals surface area contributed by atoms with Crippen molar-refractivity contribution in [3.63, 3.8) is 0 Å². The summed E-state index contributed by atoms with van der Waals surface area (Å²) in [5.74, 6) is 5.00. The maximum atomic E-state index is 12.0. The number of carbonyl (C=O) groups excluding carboxylic acids is 1. The first-order valence-electron chi connectivity index (χ1n) is 6.14. The van der Waals surface area contributed by atoms with E-state index in [0.29, 0.717) is 0 Å². The van der Waals surface area contributed by atoms with Gasteiger partial charge in [0.15, 0.2) is 0 Å². The Labute approximate surface area is 117 Å². The third kappa shape index (κ3) is 3.15. The molecule has 0 saturated heterocycles. The fraction of sp³-hybridized carbons (Fsp3) is 0.286. The zero-order chi connectivity index (χ0) is 13.8. The van der Waals surface area contributed by atoms with Crippen LogP contribution in [0.15, 0.2) is 28.9 Å². The Balaban J connectivity index is 2.35. The standard InChI is InChI=1S/C14H16ClN3O/c1-9-2-3-10-6-12(15)5-4-11(10)7-13(9)14(19)17-8-18-16/h4-9H,2-3,16H2,1H3,(H,17,18,19). The van der Waals surface area contributed by atoms with Crippen LogP contribution in [0.25, 0.3) is 6.08 Å². The quantitative estimate of drug-likeness (QED) is 0.377. The summed E-state index contributed by atoms with van der Waals surface area (Å²) in [5.41, 5.74) is 2.96. The summed E-state index contributed by atoms with van der Waals surface area (Å²) in [4.78, 5) is 12.0. The molecule has 0 fully saturated rings. The summed E-state index contributed by atoms with van der Waals surface area (Å²) >= 11 is 6.00. The molecule has 1 amide bonds. The molecule has 100 valence electrons. The molecule has 1 aliphatic rings. The van der Waals surface area contributed by atoms with Gasteiger partial charge in [-0.25, -0.2) is 0 Å². The van der Waals surface area contributed by atoms with Crippen LogP contribution in [0.3, 0.4) is 0 Å². The highest BCUT2D eigenvalue weighted by Crippen LogP contribution is 2.29. The summed E-state index contributed by atoms with van der Waals surface area (Å²) in [6.07, 6.45) is 4.94. The predicted octanol–water partition coefficient (Wildman–Crippen LogP) is 2.32. The second-order valence-electron chi connectivity index (χ2n) is 4.63. The van der Waals surface area contributed by atoms with Crippen molar-refractivity contribution in [3.8, 4) is 0 Å². The molecule has 1 atom stereocenters. The number of benzene rings is 1. The Bertz CT molecular complexity index is 552. The number of carbonyl (C=O) groups is 1. The third-order valence-corrected chi connectivity index (χ3v) is 3.56. The Morgan fingerprint density at radius 3 is 3.11 bits per heavy atom. The van der Waals surface area contributed by atoms with Gasteiger partial charge in [-0.05, 0) is 48.1 Å². The van der Waals surface area contributed by atoms with Crippen LogP contribution in [0.1, 0.15) is 24.5 Å². The van der Waals surface area contributed by atoms with Crippen LogP contribution in [-0.4, -0.2) is 12.2 Å². The fourth-order valence-electron chi connectivity index (χ4n) is 2.24. The van der Waals surface area contributed by atoms with E-state index in [1.54, 1.807) is 0 Å². The highest BCUT2D eigenvalue weighted by Gasteiger charge is 2.20. The highest BCUT2D eigenvalue weighted by molar-refractivity contribution is 6.30. The molecule has 1 aromatic carbocycles. The summed E-state index contributed by atoms with van der Waals surface area (Å²) in [6.45, 7) is 2.04. The Hall–Kier alpha value is -1.81. The van der Waals surface area contributed by atoms with E-state index in [-0.39, 0.29) is 11.8 Å². The van der Waals surface area contributed by atoms with Gasteiger partial charge in [0.05, 0.1) is 0 Å². The van der Waals surface area contributed by atoms with Crippen LogP contribution in [0.5, 0.6) is 0 Å². The summed E-state index contributed by atoms with van der Waals surface area (Å²) < 4.78 is 0. The van der Waals surface area contributed by atoms with Gasteiger partial charge in [-0.2, -0.15) is 5.10 Å². The average molecular weight is 278 g/mol. The molecule has 0 bridgehead atoms. The second-order valence-corrected chi connectivity index (χ2v) is 5.07. The molecule has 5 heteroatoms. The van der Waals surface area contributed by atoms with Gasteiger partial charge in [0, 0.05) is 10.6 Å². The number of amides is 1. The maximum Gasteiger partial charge on any atom is 0.252 e. The maximum absolute atomic E-state index is 12.0. The molecule has 0 aromatic heterocycles. The first-order chi connectivity index (χ1) is 9.11. The molecule has 0 radical (unpaired) electrons. The van der Waals surface area contributed by atoms with E-state index in [1.807, 2.05) is 31.2 Å². The van der Waals surface area contributed by atoms with Crippen molar-refractivity contribution in [1.29, 1.82) is 0 Å². The largest absolute Gasteiger partial charge is 0.322 e. The van der Waals surface area contributed by atoms with Crippen molar-refractivity contribution < 1.29 is 4.79 Å². The number of fused-ring (bicyclic) bond motifs is 1. The molecule has 1 aromatic rings. The summed E-state index contributed by atoms with van der Waals surface area (Å²) in [6, 6.07) is 5.74. The van der Waals surface area contributed by atoms with Crippen molar-refractivity contribution in [2.75, 3.05) is 0 Å². The first-order valence-corrected chi connectivity index (χ1v) is 6.52. The van der Waals surface area contributed by atoms with Gasteiger partial charge in [-0.3, -0.25) is 4.79 Å². The van der Waals surface area contributed by atoms with E-state index in [0.717, 1.165) is 29.0 Å². The van der Waals surface area contributed by atoms with Crippen LogP contribution >= 0.6 is 11.6 Å². The Morgan fingerprint density at radius 1 is 1.58 bits per heavy atom. The van der Waals surface area contributed by atoms with Gasteiger partial charge < -0.3 is 11.2 Å². The van der Waals surface area contributed by atoms with Crippen molar-refractivity contribution in [1.82, 2.24) is 5.32 Å². The normalized spacial score (nSPS) is 18.6. The van der Waals surface area contributed by atoms with Gasteiger partial charge in [0.2, 0.25) is 0 Å². The van der Waals surface area contributed by atoms with Gasteiger partial charge in [0.1, 0.15) is 6.34 Å². The van der Waals surface area contributed by atoms with Gasteiger partial charge in [0.25, 0.3) is 5.91 Å². The summed E-state index contributed by atoms with van der Waals surface area (Å²) in [7, 11) is 0. The number of rotatable bonds is 2. The van der Waals surface area contributed by atoms with Crippen molar-refractivity contribution in [2.24, 2.45) is 16.9 Å². The van der Waals surface area contributed by atoms with Crippen LogP contribution < -0.4 is 11.2 Å². The molecule has 0 spiro atoms. The molecule has 0 aliphatic heterocycles. The van der Waals surface area contributed by atoms with Crippen LogP contribution in [0.4, 0.5) is 0 Å². The molecule has 3 N–H and O–H groups in total. The zero-order valence-corrected chi connectivity index (χ0v) is 11.4. The Kier molecular flexibility index (Phi) is 4.22. The van der Waals surface area contributed by atoms with Crippen molar-refractivity contribution in [3.05, 3.63) is 39.9 Å². The average Bonchev–Trinajstić information content (AvgIpc) is 2.56. The molecule has 19 heavy (non-hydrogen) atoms. The minimum absolute atomic E-state index is 0.162. The molecule has 1 unspecified atom stereocenters. The van der Waals surface area contributed by atoms with Crippen molar-refractivity contribution in [2.45, 2.75) is 19.8 Å². The van der Waals surface area contributed by atoms with E-state index in [9.17, 15) is 4.79 Å². The molecular formula is C14H16ClN3O. The van der Waals surface area contributed by atoms with Gasteiger partial charge in [-0.1, -0.05) is 24.6 Å². The lowest BCUT2D eigenvalue weighted by Gasteiger charge is -2.11. The van der Waals surface area contributed by atoms with E-state index in [1.165, 1.54) is 11.9 Å². The number of nitrogens with one attached hydrogen (secondary N) is 1. The van der Waals surface area contributed by atoms with E-state index in [4.69, 9.17) is 17.4 Å². The minimum atomic E-state index is -0.162. The number of halogens is 1. The smallest absolute Gasteiger partial charge is 0.252 e. The first kappa shape index (κ1) is 13.6. The topological polar surface area (TPSA) is 67.5 Å². The number of nitrogens with two attached hydrogens (primary N) is 1. The third-order valence-electron chi connectivity index (χ3n) is 3.33. The number of nitrogens with zero attached hydrogens (tertiary/aromatic N) is 1. The fourth-order valence-corrected chi connectivity index (χ4v) is 2.43. The molecule has 1 aliphatic carbocycles. The SMILES string of the molecule is CC1CCc2cc(Cl)ccc2C=C1C(=O)NC=NN. The predicted molar refractivity (Wildman–Crippen MR) is 77.7 cm³/mol. The minimum Gasteiger partial charge on any atom is -0.322 e. The van der Waals surface area contributed by atoms with E-state index in [2.05, 4.69) is 10.4 Å². The van der Waals surface area contributed by atoms with Crippen LogP contribution in [-0.2, 0) is 11.2 Å². The molecule has 2 rings (SSSR count). The lowest BCUT2D eigenvalue weighted by atomic mass is 9.96. The lowest BCUT2D eigenvalue weighted by Crippen LogP contribution is -2.26.